The average molecular weight is 485 g/mol. The molecule has 0 aliphatic heterocycles. The van der Waals surface area contributed by atoms with Crippen LogP contribution in [0, 0.1) is 11.6 Å². The molecule has 3 heteroatoms. The lowest BCUT2D eigenvalue weighted by Gasteiger charge is -2.23. The van der Waals surface area contributed by atoms with E-state index < -0.39 is 0 Å². The SMILES string of the molecule is CCCCCCCCCCOc1ccc2c(c1F)CCc1c-2ccc(CCCCCCCC)c1F. The average Bonchev–Trinajstić information content (AvgIpc) is 2.87. The molecule has 0 saturated carbocycles. The lowest BCUT2D eigenvalue weighted by atomic mass is 9.83. The van der Waals surface area contributed by atoms with E-state index in [1.165, 1.54) is 64.2 Å². The summed E-state index contributed by atoms with van der Waals surface area (Å²) in [5.41, 5.74) is 3.92. The van der Waals surface area contributed by atoms with Crippen molar-refractivity contribution < 1.29 is 13.5 Å². The standard InChI is InChI=1S/C32H46F2O/c1-3-5-7-9-11-12-14-16-24-35-30-23-22-27-26-19-18-25(17-15-13-10-8-6-4-2)31(33)28(26)20-21-29(27)32(30)34/h18-19,22-23H,3-17,20-21,24H2,1-2H3. The van der Waals surface area contributed by atoms with E-state index in [1.807, 2.05) is 18.2 Å². The second kappa shape index (κ2) is 15.3. The van der Waals surface area contributed by atoms with Crippen molar-refractivity contribution in [3.8, 4) is 16.9 Å². The largest absolute Gasteiger partial charge is 0.491 e. The van der Waals surface area contributed by atoms with Crippen LogP contribution in [0.15, 0.2) is 24.3 Å². The Morgan fingerprint density at radius 3 is 1.74 bits per heavy atom. The normalized spacial score (nSPS) is 12.5. The minimum atomic E-state index is -0.260. The number of rotatable bonds is 17. The molecule has 0 aromatic heterocycles. The molecule has 0 saturated heterocycles. The maximum Gasteiger partial charge on any atom is 0.168 e. The van der Waals surface area contributed by atoms with E-state index >= 15 is 8.78 Å². The summed E-state index contributed by atoms with van der Waals surface area (Å²) in [6, 6.07) is 7.58. The fourth-order valence-corrected chi connectivity index (χ4v) is 5.33. The van der Waals surface area contributed by atoms with Gasteiger partial charge in [0, 0.05) is 0 Å². The predicted octanol–water partition coefficient (Wildman–Crippen LogP) is 10.2. The summed E-state index contributed by atoms with van der Waals surface area (Å²) >= 11 is 0. The number of unbranched alkanes of at least 4 members (excludes halogenated alkanes) is 12. The molecule has 0 spiro atoms. The highest BCUT2D eigenvalue weighted by molar-refractivity contribution is 5.74. The fraction of sp³-hybridized carbons (Fsp3) is 0.625. The van der Waals surface area contributed by atoms with Crippen LogP contribution in [0.1, 0.15) is 120 Å². The van der Waals surface area contributed by atoms with Crippen molar-refractivity contribution in [1.82, 2.24) is 0 Å². The van der Waals surface area contributed by atoms with Crippen LogP contribution in [0.4, 0.5) is 8.78 Å². The van der Waals surface area contributed by atoms with E-state index in [0.717, 1.165) is 54.4 Å². The number of hydrogen-bond donors (Lipinski definition) is 0. The highest BCUT2D eigenvalue weighted by Gasteiger charge is 2.25. The zero-order valence-corrected chi connectivity index (χ0v) is 22.2. The highest BCUT2D eigenvalue weighted by atomic mass is 19.1. The molecule has 0 radical (unpaired) electrons. The monoisotopic (exact) mass is 484 g/mol. The first kappa shape index (κ1) is 27.7. The molecule has 0 N–H and O–H groups in total. The van der Waals surface area contributed by atoms with Crippen LogP contribution in [0.25, 0.3) is 11.1 Å². The van der Waals surface area contributed by atoms with Gasteiger partial charge in [0.1, 0.15) is 5.82 Å². The zero-order valence-electron chi connectivity index (χ0n) is 22.2. The van der Waals surface area contributed by atoms with Crippen molar-refractivity contribution in [2.45, 2.75) is 123 Å². The minimum Gasteiger partial charge on any atom is -0.491 e. The molecule has 2 aromatic carbocycles. The summed E-state index contributed by atoms with van der Waals surface area (Å²) in [5.74, 6) is 0.0109. The topological polar surface area (TPSA) is 9.23 Å². The fourth-order valence-electron chi connectivity index (χ4n) is 5.33. The molecule has 0 heterocycles. The molecule has 2 aromatic rings. The van der Waals surface area contributed by atoms with E-state index in [0.29, 0.717) is 30.8 Å². The van der Waals surface area contributed by atoms with Crippen LogP contribution in [0.3, 0.4) is 0 Å². The van der Waals surface area contributed by atoms with Crippen molar-refractivity contribution in [3.63, 3.8) is 0 Å². The summed E-state index contributed by atoms with van der Waals surface area (Å²) in [4.78, 5) is 0. The van der Waals surface area contributed by atoms with Crippen LogP contribution in [0.5, 0.6) is 5.75 Å². The second-order valence-electron chi connectivity index (χ2n) is 10.3. The lowest BCUT2D eigenvalue weighted by Crippen LogP contribution is -2.11. The van der Waals surface area contributed by atoms with E-state index in [1.54, 1.807) is 6.07 Å². The van der Waals surface area contributed by atoms with E-state index in [-0.39, 0.29) is 11.6 Å². The van der Waals surface area contributed by atoms with Gasteiger partial charge in [-0.25, -0.2) is 8.78 Å². The number of halogens is 2. The number of aryl methyl sites for hydroxylation is 1. The highest BCUT2D eigenvalue weighted by Crippen LogP contribution is 2.39. The van der Waals surface area contributed by atoms with Crippen LogP contribution in [-0.4, -0.2) is 6.61 Å². The minimum absolute atomic E-state index is 0.0721. The number of benzene rings is 2. The molecule has 1 aliphatic rings. The molecule has 35 heavy (non-hydrogen) atoms. The van der Waals surface area contributed by atoms with Gasteiger partial charge in [0.15, 0.2) is 11.6 Å². The molecule has 0 unspecified atom stereocenters. The first-order valence-corrected chi connectivity index (χ1v) is 14.4. The molecule has 0 fully saturated rings. The Kier molecular flexibility index (Phi) is 12.1. The zero-order chi connectivity index (χ0) is 24.9. The molecular formula is C32H46F2O. The van der Waals surface area contributed by atoms with Crippen molar-refractivity contribution >= 4 is 0 Å². The first-order valence-electron chi connectivity index (χ1n) is 14.4. The van der Waals surface area contributed by atoms with Crippen LogP contribution < -0.4 is 4.74 Å². The Hall–Kier alpha value is -1.90. The van der Waals surface area contributed by atoms with Gasteiger partial charge in [-0.15, -0.1) is 0 Å². The maximum atomic E-state index is 15.3. The Morgan fingerprint density at radius 2 is 1.11 bits per heavy atom. The van der Waals surface area contributed by atoms with Gasteiger partial charge in [0.05, 0.1) is 6.61 Å². The van der Waals surface area contributed by atoms with Gasteiger partial charge in [0.2, 0.25) is 0 Å². The Bertz CT molecular complexity index is 905. The number of ether oxygens (including phenoxy) is 1. The third kappa shape index (κ3) is 8.05. The Labute approximate surface area is 212 Å². The molecular weight excluding hydrogens is 438 g/mol. The molecule has 1 aliphatic carbocycles. The van der Waals surface area contributed by atoms with Crippen LogP contribution >= 0.6 is 0 Å². The van der Waals surface area contributed by atoms with Crippen molar-refractivity contribution in [2.75, 3.05) is 6.61 Å². The van der Waals surface area contributed by atoms with Gasteiger partial charge >= 0.3 is 0 Å². The van der Waals surface area contributed by atoms with Crippen molar-refractivity contribution in [2.24, 2.45) is 0 Å². The molecule has 194 valence electrons. The quantitative estimate of drug-likeness (QED) is 0.203. The van der Waals surface area contributed by atoms with Gasteiger partial charge in [-0.1, -0.05) is 109 Å². The van der Waals surface area contributed by atoms with E-state index in [4.69, 9.17) is 4.74 Å². The third-order valence-electron chi connectivity index (χ3n) is 7.50. The van der Waals surface area contributed by atoms with Crippen LogP contribution in [0.2, 0.25) is 0 Å². The van der Waals surface area contributed by atoms with Gasteiger partial charge in [-0.3, -0.25) is 0 Å². The molecule has 0 amide bonds. The molecule has 1 nitrogen and oxygen atoms in total. The van der Waals surface area contributed by atoms with Gasteiger partial charge in [-0.2, -0.15) is 0 Å². The number of hydrogen-bond acceptors (Lipinski definition) is 1. The second-order valence-corrected chi connectivity index (χ2v) is 10.3. The Morgan fingerprint density at radius 1 is 0.600 bits per heavy atom. The summed E-state index contributed by atoms with van der Waals surface area (Å²) in [6.07, 6.45) is 19.0. The maximum absolute atomic E-state index is 15.3. The van der Waals surface area contributed by atoms with E-state index in [2.05, 4.69) is 13.8 Å². The van der Waals surface area contributed by atoms with Crippen molar-refractivity contribution in [1.29, 1.82) is 0 Å². The van der Waals surface area contributed by atoms with Gasteiger partial charge < -0.3 is 4.74 Å². The summed E-state index contributed by atoms with van der Waals surface area (Å²) < 4.78 is 36.4. The first-order chi connectivity index (χ1) is 17.2. The summed E-state index contributed by atoms with van der Waals surface area (Å²) in [6.45, 7) is 5.01. The molecule has 0 bridgehead atoms. The predicted molar refractivity (Wildman–Crippen MR) is 144 cm³/mol. The summed E-state index contributed by atoms with van der Waals surface area (Å²) in [5, 5.41) is 0. The van der Waals surface area contributed by atoms with E-state index in [9.17, 15) is 0 Å². The van der Waals surface area contributed by atoms with Gasteiger partial charge in [0.25, 0.3) is 0 Å². The van der Waals surface area contributed by atoms with Crippen molar-refractivity contribution in [3.05, 3.63) is 52.6 Å². The Balaban J connectivity index is 1.53. The summed E-state index contributed by atoms with van der Waals surface area (Å²) in [7, 11) is 0. The molecule has 0 atom stereocenters. The van der Waals surface area contributed by atoms with Crippen LogP contribution in [-0.2, 0) is 19.3 Å². The lowest BCUT2D eigenvalue weighted by molar-refractivity contribution is 0.289. The van der Waals surface area contributed by atoms with Gasteiger partial charge in [-0.05, 0) is 66.0 Å². The number of fused-ring (bicyclic) bond motifs is 3. The smallest absolute Gasteiger partial charge is 0.168 e. The third-order valence-corrected chi connectivity index (χ3v) is 7.50. The molecule has 3 rings (SSSR count).